The number of carboxylic acids is 1. The Morgan fingerprint density at radius 3 is 1.26 bits per heavy atom. The Kier molecular flexibility index (Phi) is 43.2. The molecule has 0 aromatic carbocycles. The number of hydrogen-bond acceptors (Lipinski definition) is 8. The van der Waals surface area contributed by atoms with Gasteiger partial charge in [-0.3, -0.25) is 9.59 Å². The Labute approximate surface area is 396 Å². The van der Waals surface area contributed by atoms with Crippen molar-refractivity contribution in [3.8, 4) is 0 Å². The van der Waals surface area contributed by atoms with Gasteiger partial charge in [-0.05, 0) is 103 Å². The average Bonchev–Trinajstić information content (AvgIpc) is 3.27. The van der Waals surface area contributed by atoms with Crippen LogP contribution >= 0.6 is 0 Å². The molecule has 0 fully saturated rings. The number of carbonyl (C=O) groups excluding carboxylic acids is 3. The molecule has 0 saturated heterocycles. The molecule has 0 radical (unpaired) electrons. The summed E-state index contributed by atoms with van der Waals surface area (Å²) >= 11 is 0. The molecule has 0 aliphatic rings. The lowest BCUT2D eigenvalue weighted by Gasteiger charge is -2.26. The summed E-state index contributed by atoms with van der Waals surface area (Å²) in [4.78, 5) is 37.1. The lowest BCUT2D eigenvalue weighted by Crippen LogP contribution is -2.44. The minimum atomic E-state index is -1.64. The summed E-state index contributed by atoms with van der Waals surface area (Å²) in [5.41, 5.74) is 0. The van der Waals surface area contributed by atoms with Crippen LogP contribution in [0.1, 0.15) is 155 Å². The molecule has 0 aliphatic carbocycles. The molecule has 9 nitrogen and oxygen atoms in total. The van der Waals surface area contributed by atoms with Gasteiger partial charge in [0.25, 0.3) is 0 Å². The number of rotatable bonds is 43. The Morgan fingerprint density at radius 1 is 0.462 bits per heavy atom. The first kappa shape index (κ1) is 60.7. The molecule has 0 bridgehead atoms. The van der Waals surface area contributed by atoms with Gasteiger partial charge in [0.15, 0.2) is 12.4 Å². The number of quaternary nitrogens is 1. The summed E-state index contributed by atoms with van der Waals surface area (Å²) < 4.78 is 22.5. The molecule has 0 N–H and O–H groups in total. The van der Waals surface area contributed by atoms with E-state index in [-0.39, 0.29) is 32.7 Å². The summed E-state index contributed by atoms with van der Waals surface area (Å²) in [6.07, 6.45) is 60.9. The smallest absolute Gasteiger partial charge is 0.306 e. The molecule has 366 valence electrons. The minimum absolute atomic E-state index is 0.130. The van der Waals surface area contributed by atoms with E-state index >= 15 is 0 Å². The number of esters is 2. The summed E-state index contributed by atoms with van der Waals surface area (Å²) in [5, 5.41) is 11.7. The SMILES string of the molecule is CC/C=C\C/C=C\C/C=C\C/C=C\C/C=C\C/C=C\CCCCCCCCC(=O)OC(COC(=O)CCCC/C=C\C/C=C\C/C=C\C/C=C\CC)COC(OCC[N+](C)(C)C)C(=O)[O-]. The van der Waals surface area contributed by atoms with E-state index in [1.54, 1.807) is 0 Å². The molecule has 0 spiro atoms. The lowest BCUT2D eigenvalue weighted by atomic mass is 10.1. The quantitative estimate of drug-likeness (QED) is 0.0196. The summed E-state index contributed by atoms with van der Waals surface area (Å²) in [7, 11) is 5.88. The number of allylic oxidation sites excluding steroid dienone is 20. The number of nitrogens with zero attached hydrogens (tertiary/aromatic N) is 1. The third-order valence-corrected chi connectivity index (χ3v) is 9.70. The highest BCUT2D eigenvalue weighted by molar-refractivity contribution is 5.70. The average molecular weight is 904 g/mol. The molecule has 0 aromatic rings. The first-order chi connectivity index (χ1) is 31.6. The van der Waals surface area contributed by atoms with E-state index in [0.717, 1.165) is 116 Å². The van der Waals surface area contributed by atoms with Crippen molar-refractivity contribution < 1.29 is 42.9 Å². The van der Waals surface area contributed by atoms with Crippen molar-refractivity contribution in [3.05, 3.63) is 122 Å². The van der Waals surface area contributed by atoms with Crippen molar-refractivity contribution in [1.29, 1.82) is 0 Å². The molecule has 0 amide bonds. The number of unbranched alkanes of at least 4 members (excludes halogenated alkanes) is 8. The van der Waals surface area contributed by atoms with Gasteiger partial charge < -0.3 is 33.3 Å². The molecule has 9 heteroatoms. The predicted octanol–water partition coefficient (Wildman–Crippen LogP) is 12.4. The lowest BCUT2D eigenvalue weighted by molar-refractivity contribution is -0.870. The largest absolute Gasteiger partial charge is 0.545 e. The van der Waals surface area contributed by atoms with Crippen LogP contribution in [0.4, 0.5) is 0 Å². The van der Waals surface area contributed by atoms with E-state index in [0.29, 0.717) is 23.9 Å². The van der Waals surface area contributed by atoms with Gasteiger partial charge in [-0.2, -0.15) is 0 Å². The first-order valence-electron chi connectivity index (χ1n) is 24.7. The fourth-order valence-corrected chi connectivity index (χ4v) is 5.94. The van der Waals surface area contributed by atoms with Gasteiger partial charge in [0.2, 0.25) is 0 Å². The molecule has 0 aliphatic heterocycles. The highest BCUT2D eigenvalue weighted by Gasteiger charge is 2.21. The molecule has 2 unspecified atom stereocenters. The normalized spacial score (nSPS) is 13.9. The van der Waals surface area contributed by atoms with Gasteiger partial charge in [-0.15, -0.1) is 0 Å². The third kappa shape index (κ3) is 47.5. The maximum Gasteiger partial charge on any atom is 0.306 e. The van der Waals surface area contributed by atoms with Crippen LogP contribution in [0.5, 0.6) is 0 Å². The van der Waals surface area contributed by atoms with Gasteiger partial charge >= 0.3 is 11.9 Å². The van der Waals surface area contributed by atoms with Crippen LogP contribution in [-0.4, -0.2) is 82.3 Å². The Hall–Kier alpha value is -4.31. The number of aliphatic carboxylic acids is 1. The van der Waals surface area contributed by atoms with Crippen LogP contribution < -0.4 is 5.11 Å². The van der Waals surface area contributed by atoms with E-state index in [4.69, 9.17) is 18.9 Å². The number of ether oxygens (including phenoxy) is 4. The number of carbonyl (C=O) groups is 3. The van der Waals surface area contributed by atoms with Gasteiger partial charge in [0.1, 0.15) is 13.2 Å². The molecule has 0 aromatic heterocycles. The standard InChI is InChI=1S/C56H89NO8/c1-6-8-10-12-14-16-18-20-22-23-24-25-26-27-28-29-30-31-33-35-37-39-41-43-45-47-54(59)65-52(51-64-56(55(60)61)62-49-48-57(3,4)5)50-63-53(58)46-44-42-40-38-36-34-32-21-19-17-15-13-11-9-7-2/h8-11,14-17,20-22,24-25,27-28,30-32,36,38,52,56H,6-7,12-13,18-19,23,26,29,33-35,37,39-51H2,1-5H3/b10-8-,11-9-,16-14-,17-15-,22-20-,25-24-,28-27-,31-30-,32-21-,38-36-. The zero-order valence-electron chi connectivity index (χ0n) is 41.3. The fourth-order valence-electron chi connectivity index (χ4n) is 5.94. The molecular weight excluding hydrogens is 815 g/mol. The molecule has 0 rings (SSSR count). The molecule has 0 saturated carbocycles. The van der Waals surface area contributed by atoms with E-state index in [9.17, 15) is 19.5 Å². The zero-order chi connectivity index (χ0) is 47.7. The van der Waals surface area contributed by atoms with Crippen molar-refractivity contribution in [2.75, 3.05) is 47.5 Å². The van der Waals surface area contributed by atoms with Crippen molar-refractivity contribution in [1.82, 2.24) is 0 Å². The van der Waals surface area contributed by atoms with Crippen LogP contribution in [0.2, 0.25) is 0 Å². The zero-order valence-corrected chi connectivity index (χ0v) is 41.3. The summed E-state index contributed by atoms with van der Waals surface area (Å²) in [5.74, 6) is -2.38. The van der Waals surface area contributed by atoms with E-state index in [1.165, 1.54) is 0 Å². The van der Waals surface area contributed by atoms with Gasteiger partial charge in [-0.25, -0.2) is 0 Å². The van der Waals surface area contributed by atoms with E-state index in [2.05, 4.69) is 135 Å². The Balaban J connectivity index is 4.46. The topological polar surface area (TPSA) is 111 Å². The molecule has 65 heavy (non-hydrogen) atoms. The fraction of sp³-hybridized carbons (Fsp3) is 0.589. The second-order valence-electron chi connectivity index (χ2n) is 17.0. The predicted molar refractivity (Wildman–Crippen MR) is 269 cm³/mol. The maximum absolute atomic E-state index is 12.8. The highest BCUT2D eigenvalue weighted by atomic mass is 16.7. The number of likely N-dealkylation sites (N-methyl/N-ethyl adjacent to an activating group) is 1. The number of hydrogen-bond donors (Lipinski definition) is 0. The summed E-state index contributed by atoms with van der Waals surface area (Å²) in [6, 6.07) is 0. The van der Waals surface area contributed by atoms with Crippen molar-refractivity contribution in [3.63, 3.8) is 0 Å². The second kappa shape index (κ2) is 46.2. The van der Waals surface area contributed by atoms with Crippen molar-refractivity contribution in [2.24, 2.45) is 0 Å². The van der Waals surface area contributed by atoms with Crippen LogP contribution in [0.3, 0.4) is 0 Å². The first-order valence-corrected chi connectivity index (χ1v) is 24.7. The summed E-state index contributed by atoms with van der Waals surface area (Å²) in [6.45, 7) is 4.41. The molecular formula is C56H89NO8. The van der Waals surface area contributed by atoms with Crippen molar-refractivity contribution in [2.45, 2.75) is 167 Å². The van der Waals surface area contributed by atoms with Gasteiger partial charge in [-0.1, -0.05) is 161 Å². The van der Waals surface area contributed by atoms with Gasteiger partial charge in [0.05, 0.1) is 40.3 Å². The van der Waals surface area contributed by atoms with Crippen LogP contribution in [0.25, 0.3) is 0 Å². The Bertz CT molecular complexity index is 1470. The Morgan fingerprint density at radius 2 is 0.831 bits per heavy atom. The van der Waals surface area contributed by atoms with Crippen LogP contribution in [0.15, 0.2) is 122 Å². The minimum Gasteiger partial charge on any atom is -0.545 e. The van der Waals surface area contributed by atoms with E-state index < -0.39 is 30.3 Å². The van der Waals surface area contributed by atoms with Crippen LogP contribution in [-0.2, 0) is 33.3 Å². The highest BCUT2D eigenvalue weighted by Crippen LogP contribution is 2.12. The number of carboxylic acid groups (broad SMARTS) is 1. The molecule has 0 heterocycles. The molecule has 2 atom stereocenters. The van der Waals surface area contributed by atoms with Crippen LogP contribution in [0, 0.1) is 0 Å². The maximum atomic E-state index is 12.8. The second-order valence-corrected chi connectivity index (χ2v) is 17.0. The van der Waals surface area contributed by atoms with Gasteiger partial charge in [0, 0.05) is 12.8 Å². The third-order valence-electron chi connectivity index (χ3n) is 9.70. The van der Waals surface area contributed by atoms with E-state index in [1.807, 2.05) is 21.1 Å². The van der Waals surface area contributed by atoms with Crippen molar-refractivity contribution >= 4 is 17.9 Å². The monoisotopic (exact) mass is 904 g/mol.